The molecule has 4 rings (SSSR count). The molecule has 1 saturated heterocycles. The topological polar surface area (TPSA) is 196 Å². The van der Waals surface area contributed by atoms with Crippen molar-refractivity contribution in [1.29, 1.82) is 0 Å². The van der Waals surface area contributed by atoms with E-state index in [-0.39, 0.29) is 16.9 Å². The van der Waals surface area contributed by atoms with E-state index >= 15 is 0 Å². The Bertz CT molecular complexity index is 944. The van der Waals surface area contributed by atoms with Crippen molar-refractivity contribution in [3.05, 3.63) is 53.8 Å². The number of phenols is 1. The lowest BCUT2D eigenvalue weighted by Crippen LogP contribution is -2.61. The molecule has 12 heteroatoms. The molecule has 12 nitrogen and oxygen atoms in total. The van der Waals surface area contributed by atoms with Crippen LogP contribution in [0.5, 0.6) is 5.75 Å². The van der Waals surface area contributed by atoms with E-state index < -0.39 is 73.8 Å². The van der Waals surface area contributed by atoms with Gasteiger partial charge in [0.15, 0.2) is 12.4 Å². The van der Waals surface area contributed by atoms with E-state index in [0.29, 0.717) is 0 Å². The number of aromatic hydroxyl groups is 1. The van der Waals surface area contributed by atoms with Crippen LogP contribution in [0.25, 0.3) is 0 Å². The summed E-state index contributed by atoms with van der Waals surface area (Å²) in [6.45, 7) is -1.22. The molecule has 2 heterocycles. The van der Waals surface area contributed by atoms with Crippen molar-refractivity contribution < 1.29 is 59.5 Å². The number of carbonyl (C=O) groups is 1. The van der Waals surface area contributed by atoms with Crippen LogP contribution in [0.15, 0.2) is 48.3 Å². The molecule has 0 spiro atoms. The summed E-state index contributed by atoms with van der Waals surface area (Å²) in [5.41, 5.74) is -1.57. The van der Waals surface area contributed by atoms with Gasteiger partial charge in [-0.1, -0.05) is 0 Å². The maximum Gasteiger partial charge on any atom is 0.338 e. The van der Waals surface area contributed by atoms with Crippen molar-refractivity contribution in [3.8, 4) is 5.75 Å². The fourth-order valence-corrected chi connectivity index (χ4v) is 4.28. The lowest BCUT2D eigenvalue weighted by Gasteiger charge is -2.44. The highest BCUT2D eigenvalue weighted by atomic mass is 16.8. The van der Waals surface area contributed by atoms with Gasteiger partial charge in [-0.25, -0.2) is 4.79 Å². The molecule has 2 aliphatic heterocycles. The van der Waals surface area contributed by atoms with E-state index in [9.17, 15) is 40.5 Å². The highest BCUT2D eigenvalue weighted by Crippen LogP contribution is 2.45. The summed E-state index contributed by atoms with van der Waals surface area (Å²) in [6, 6.07) is 5.29. The Labute approximate surface area is 193 Å². The van der Waals surface area contributed by atoms with Crippen LogP contribution in [0.3, 0.4) is 0 Å². The molecule has 9 atom stereocenters. The van der Waals surface area contributed by atoms with Crippen LogP contribution in [-0.4, -0.2) is 104 Å². The third-order valence-corrected chi connectivity index (χ3v) is 6.18. The molecule has 0 saturated carbocycles. The van der Waals surface area contributed by atoms with Crippen molar-refractivity contribution in [2.24, 2.45) is 5.92 Å². The zero-order valence-electron chi connectivity index (χ0n) is 17.7. The second kappa shape index (κ2) is 9.60. The van der Waals surface area contributed by atoms with Gasteiger partial charge in [-0.05, 0) is 42.0 Å². The molecular weight excluding hydrogens is 456 g/mol. The van der Waals surface area contributed by atoms with E-state index in [1.807, 2.05) is 0 Å². The number of hydrogen-bond acceptors (Lipinski definition) is 12. The quantitative estimate of drug-likeness (QED) is 0.172. The molecule has 0 aromatic heterocycles. The zero-order valence-corrected chi connectivity index (χ0v) is 17.7. The summed E-state index contributed by atoms with van der Waals surface area (Å²) in [5.74, 6) is -1.94. The van der Waals surface area contributed by atoms with Crippen LogP contribution in [0.4, 0.5) is 0 Å². The minimum atomic E-state index is -1.90. The molecule has 34 heavy (non-hydrogen) atoms. The highest BCUT2D eigenvalue weighted by molar-refractivity contribution is 5.89. The Morgan fingerprint density at radius 3 is 2.38 bits per heavy atom. The second-order valence-electron chi connectivity index (χ2n) is 8.28. The van der Waals surface area contributed by atoms with Gasteiger partial charge in [-0.2, -0.15) is 0 Å². The number of esters is 1. The average Bonchev–Trinajstić information content (AvgIpc) is 3.11. The van der Waals surface area contributed by atoms with Crippen molar-refractivity contribution in [1.82, 2.24) is 0 Å². The maximum atomic E-state index is 12.6. The molecule has 3 aliphatic rings. The van der Waals surface area contributed by atoms with Gasteiger partial charge in [-0.15, -0.1) is 0 Å². The fourth-order valence-electron chi connectivity index (χ4n) is 4.28. The standard InChI is InChI=1S/C22H26O12/c23-8-11-7-14(33-19(29)10-1-3-12(25)4-2-10)22(30)5-6-31-20(15(11)22)34-21-18(28)17(27)16(26)13(9-24)32-21/h1-7,13-18,20-21,23-28,30H,8-9H2/t13-,14-,15+,16+,17+,18+,20+,21-,22-/m0/s1. The molecule has 1 aromatic carbocycles. The number of benzene rings is 1. The van der Waals surface area contributed by atoms with Crippen LogP contribution in [0, 0.1) is 5.92 Å². The van der Waals surface area contributed by atoms with E-state index in [2.05, 4.69) is 0 Å². The maximum absolute atomic E-state index is 12.6. The van der Waals surface area contributed by atoms with Gasteiger partial charge in [0.05, 0.1) is 31.0 Å². The third kappa shape index (κ3) is 4.30. The van der Waals surface area contributed by atoms with Gasteiger partial charge in [0.1, 0.15) is 35.8 Å². The predicted octanol–water partition coefficient (Wildman–Crippen LogP) is -2.12. The fraction of sp³-hybridized carbons (Fsp3) is 0.500. The second-order valence-corrected chi connectivity index (χ2v) is 8.28. The summed E-state index contributed by atoms with van der Waals surface area (Å²) in [7, 11) is 0. The molecule has 0 amide bonds. The van der Waals surface area contributed by atoms with Crippen molar-refractivity contribution in [3.63, 3.8) is 0 Å². The molecule has 0 unspecified atom stereocenters. The first-order chi connectivity index (χ1) is 16.2. The Kier molecular flexibility index (Phi) is 6.94. The number of ether oxygens (including phenoxy) is 4. The van der Waals surface area contributed by atoms with Gasteiger partial charge in [0.2, 0.25) is 6.29 Å². The van der Waals surface area contributed by atoms with E-state index in [1.54, 1.807) is 0 Å². The molecule has 7 N–H and O–H groups in total. The van der Waals surface area contributed by atoms with Gasteiger partial charge in [0, 0.05) is 0 Å². The van der Waals surface area contributed by atoms with E-state index in [0.717, 1.165) is 6.26 Å². The Morgan fingerprint density at radius 1 is 1.03 bits per heavy atom. The number of fused-ring (bicyclic) bond motifs is 1. The predicted molar refractivity (Wildman–Crippen MR) is 110 cm³/mol. The minimum Gasteiger partial charge on any atom is -0.508 e. The van der Waals surface area contributed by atoms with Crippen molar-refractivity contribution in [2.45, 2.75) is 48.7 Å². The normalized spacial score (nSPS) is 39.2. The Balaban J connectivity index is 1.54. The van der Waals surface area contributed by atoms with Crippen LogP contribution in [0.1, 0.15) is 10.4 Å². The van der Waals surface area contributed by atoms with Crippen LogP contribution in [0.2, 0.25) is 0 Å². The summed E-state index contributed by atoms with van der Waals surface area (Å²) in [6.07, 6.45) is -6.71. The summed E-state index contributed by atoms with van der Waals surface area (Å²) in [4.78, 5) is 12.6. The number of phenolic OH excluding ortho intramolecular Hbond substituents is 1. The zero-order chi connectivity index (χ0) is 24.6. The molecule has 1 aromatic rings. The van der Waals surface area contributed by atoms with E-state index in [4.69, 9.17) is 18.9 Å². The summed E-state index contributed by atoms with van der Waals surface area (Å²) >= 11 is 0. The highest BCUT2D eigenvalue weighted by Gasteiger charge is 2.57. The smallest absolute Gasteiger partial charge is 0.338 e. The molecule has 1 fully saturated rings. The van der Waals surface area contributed by atoms with Crippen molar-refractivity contribution in [2.75, 3.05) is 13.2 Å². The molecule has 0 bridgehead atoms. The van der Waals surface area contributed by atoms with Crippen LogP contribution < -0.4 is 0 Å². The molecule has 186 valence electrons. The summed E-state index contributed by atoms with van der Waals surface area (Å²) in [5, 5.41) is 70.3. The van der Waals surface area contributed by atoms with Gasteiger partial charge in [-0.3, -0.25) is 0 Å². The first-order valence-corrected chi connectivity index (χ1v) is 10.5. The Morgan fingerprint density at radius 2 is 1.74 bits per heavy atom. The van der Waals surface area contributed by atoms with E-state index in [1.165, 1.54) is 36.4 Å². The lowest BCUT2D eigenvalue weighted by atomic mass is 9.83. The number of hydrogen-bond donors (Lipinski definition) is 7. The SMILES string of the molecule is O=C(O[C@H]1C=C(CO)[C@@H]2[C@@H](O[C@@H]3O[C@@H](CO)[C@@H](O)[C@@H](O)[C@H]3O)OC=C[C@]12O)c1ccc(O)cc1. The average molecular weight is 482 g/mol. The monoisotopic (exact) mass is 482 g/mol. The van der Waals surface area contributed by atoms with Crippen LogP contribution >= 0.6 is 0 Å². The Hall–Kier alpha value is -2.55. The van der Waals surface area contributed by atoms with Gasteiger partial charge in [0.25, 0.3) is 0 Å². The first kappa shape index (κ1) is 24.6. The largest absolute Gasteiger partial charge is 0.508 e. The summed E-state index contributed by atoms with van der Waals surface area (Å²) < 4.78 is 21.9. The molecular formula is C22H26O12. The van der Waals surface area contributed by atoms with Gasteiger partial charge >= 0.3 is 5.97 Å². The number of carbonyl (C=O) groups excluding carboxylic acids is 1. The number of aliphatic hydroxyl groups is 6. The molecule has 1 aliphatic carbocycles. The molecule has 0 radical (unpaired) electrons. The third-order valence-electron chi connectivity index (χ3n) is 6.18. The van der Waals surface area contributed by atoms with Gasteiger partial charge < -0.3 is 54.7 Å². The number of rotatable bonds is 6. The minimum absolute atomic E-state index is 0.0425. The lowest BCUT2D eigenvalue weighted by molar-refractivity contribution is -0.344. The van der Waals surface area contributed by atoms with Crippen molar-refractivity contribution >= 4 is 5.97 Å². The number of aliphatic hydroxyl groups excluding tert-OH is 5. The first-order valence-electron chi connectivity index (χ1n) is 10.5. The van der Waals surface area contributed by atoms with Crippen LogP contribution in [-0.2, 0) is 18.9 Å².